The Bertz CT molecular complexity index is 1090. The van der Waals surface area contributed by atoms with E-state index in [4.69, 9.17) is 4.42 Å². The Labute approximate surface area is 167 Å². The highest BCUT2D eigenvalue weighted by molar-refractivity contribution is 6.03. The van der Waals surface area contributed by atoms with Crippen molar-refractivity contribution in [1.29, 1.82) is 0 Å². The number of amides is 3. The summed E-state index contributed by atoms with van der Waals surface area (Å²) in [7, 11) is 1.61. The van der Waals surface area contributed by atoms with Crippen molar-refractivity contribution < 1.29 is 18.8 Å². The van der Waals surface area contributed by atoms with Crippen LogP contribution in [0.25, 0.3) is 10.9 Å². The van der Waals surface area contributed by atoms with Gasteiger partial charge in [0.15, 0.2) is 0 Å². The average Bonchev–Trinajstić information content (AvgIpc) is 3.37. The molecule has 1 aromatic carbocycles. The summed E-state index contributed by atoms with van der Waals surface area (Å²) >= 11 is 0. The van der Waals surface area contributed by atoms with Crippen LogP contribution < -0.4 is 10.6 Å². The van der Waals surface area contributed by atoms with Crippen LogP contribution in [0.1, 0.15) is 23.2 Å². The Morgan fingerprint density at radius 2 is 1.97 bits per heavy atom. The fraction of sp³-hybridized carbons (Fsp3) is 0.286. The lowest BCUT2D eigenvalue weighted by atomic mass is 9.95. The van der Waals surface area contributed by atoms with Crippen LogP contribution in [-0.2, 0) is 22.7 Å². The van der Waals surface area contributed by atoms with Crippen molar-refractivity contribution in [1.82, 2.24) is 20.1 Å². The van der Waals surface area contributed by atoms with Crippen LogP contribution in [0.4, 0.5) is 0 Å². The van der Waals surface area contributed by atoms with Crippen molar-refractivity contribution in [3.63, 3.8) is 0 Å². The molecule has 1 aliphatic rings. The molecule has 0 saturated heterocycles. The minimum Gasteiger partial charge on any atom is -0.467 e. The van der Waals surface area contributed by atoms with Crippen LogP contribution in [-0.4, -0.2) is 46.3 Å². The first-order valence-electron chi connectivity index (χ1n) is 9.34. The van der Waals surface area contributed by atoms with Gasteiger partial charge in [0.1, 0.15) is 17.0 Å². The zero-order valence-electron chi connectivity index (χ0n) is 16.3. The number of nitrogens with one attached hydrogen (secondary N) is 2. The minimum atomic E-state index is -1.12. The molecule has 8 heteroatoms. The average molecular weight is 394 g/mol. The number of benzene rings is 1. The molecule has 29 heavy (non-hydrogen) atoms. The fourth-order valence-corrected chi connectivity index (χ4v) is 3.60. The molecule has 3 aromatic rings. The molecule has 1 aliphatic heterocycles. The van der Waals surface area contributed by atoms with Crippen LogP contribution in [0.2, 0.25) is 0 Å². The van der Waals surface area contributed by atoms with E-state index in [0.29, 0.717) is 18.0 Å². The van der Waals surface area contributed by atoms with Crippen molar-refractivity contribution in [2.45, 2.75) is 25.6 Å². The minimum absolute atomic E-state index is 0.184. The number of rotatable bonds is 5. The first-order valence-corrected chi connectivity index (χ1v) is 9.34. The van der Waals surface area contributed by atoms with E-state index in [1.165, 1.54) is 11.2 Å². The summed E-state index contributed by atoms with van der Waals surface area (Å²) in [6, 6.07) is 13.0. The highest BCUT2D eigenvalue weighted by Gasteiger charge is 2.45. The second kappa shape index (κ2) is 7.12. The molecule has 2 N–H and O–H groups in total. The van der Waals surface area contributed by atoms with Gasteiger partial charge in [-0.15, -0.1) is 0 Å². The van der Waals surface area contributed by atoms with Gasteiger partial charge in [-0.05, 0) is 31.2 Å². The summed E-state index contributed by atoms with van der Waals surface area (Å²) in [6.45, 7) is 2.07. The predicted octanol–water partition coefficient (Wildman–Crippen LogP) is 1.51. The number of carbonyl (C=O) groups excluding carboxylic acids is 3. The Balaban J connectivity index is 1.47. The van der Waals surface area contributed by atoms with Gasteiger partial charge < -0.3 is 24.5 Å². The topological polar surface area (TPSA) is 96.6 Å². The van der Waals surface area contributed by atoms with Crippen LogP contribution >= 0.6 is 0 Å². The molecule has 0 fully saturated rings. The van der Waals surface area contributed by atoms with E-state index >= 15 is 0 Å². The highest BCUT2D eigenvalue weighted by atomic mass is 16.3. The maximum absolute atomic E-state index is 13.0. The number of hydrogen-bond acceptors (Lipinski definition) is 4. The maximum Gasteiger partial charge on any atom is 0.271 e. The van der Waals surface area contributed by atoms with Crippen molar-refractivity contribution in [3.8, 4) is 0 Å². The largest absolute Gasteiger partial charge is 0.467 e. The number of fused-ring (bicyclic) bond motifs is 3. The van der Waals surface area contributed by atoms with E-state index < -0.39 is 5.54 Å². The first-order chi connectivity index (χ1) is 13.9. The van der Waals surface area contributed by atoms with E-state index in [2.05, 4.69) is 10.6 Å². The third kappa shape index (κ3) is 3.26. The monoisotopic (exact) mass is 394 g/mol. The summed E-state index contributed by atoms with van der Waals surface area (Å²) in [5.41, 5.74) is 0.335. The molecule has 0 bridgehead atoms. The zero-order chi connectivity index (χ0) is 20.6. The standard InChI is InChI=1S/C21H22N4O4/c1-21(20(28)23-12-18(26)22-11-15-7-5-9-29-15)13-25-16-8-4-3-6-14(16)10-17(25)19(27)24(21)2/h3-10H,11-13H2,1-2H3,(H,22,26)(H,23,28)/t21-/m1/s1. The van der Waals surface area contributed by atoms with Gasteiger partial charge in [-0.25, -0.2) is 0 Å². The molecule has 0 radical (unpaired) electrons. The number of nitrogens with zero attached hydrogens (tertiary/aromatic N) is 2. The number of carbonyl (C=O) groups is 3. The van der Waals surface area contributed by atoms with E-state index in [1.54, 1.807) is 26.1 Å². The fourth-order valence-electron chi connectivity index (χ4n) is 3.60. The Hall–Kier alpha value is -3.55. The molecule has 0 spiro atoms. The van der Waals surface area contributed by atoms with Crippen molar-refractivity contribution in [2.75, 3.05) is 13.6 Å². The zero-order valence-corrected chi connectivity index (χ0v) is 16.3. The first kappa shape index (κ1) is 18.8. The van der Waals surface area contributed by atoms with E-state index in [-0.39, 0.29) is 30.8 Å². The van der Waals surface area contributed by atoms with Gasteiger partial charge in [-0.3, -0.25) is 14.4 Å². The molecular formula is C21H22N4O4. The van der Waals surface area contributed by atoms with Crippen molar-refractivity contribution in [2.24, 2.45) is 0 Å². The van der Waals surface area contributed by atoms with Crippen LogP contribution in [0.3, 0.4) is 0 Å². The number of furan rings is 1. The van der Waals surface area contributed by atoms with Crippen LogP contribution in [0, 0.1) is 0 Å². The summed E-state index contributed by atoms with van der Waals surface area (Å²) in [5, 5.41) is 6.28. The van der Waals surface area contributed by atoms with Gasteiger partial charge in [0.25, 0.3) is 5.91 Å². The van der Waals surface area contributed by atoms with Crippen molar-refractivity contribution >= 4 is 28.6 Å². The van der Waals surface area contributed by atoms with Gasteiger partial charge in [-0.1, -0.05) is 18.2 Å². The molecule has 8 nitrogen and oxygen atoms in total. The summed E-state index contributed by atoms with van der Waals surface area (Å²) in [5.74, 6) is -0.325. The smallest absolute Gasteiger partial charge is 0.271 e. The lowest BCUT2D eigenvalue weighted by Crippen LogP contribution is -2.63. The van der Waals surface area contributed by atoms with Gasteiger partial charge in [-0.2, -0.15) is 0 Å². The molecule has 0 aliphatic carbocycles. The number of aromatic nitrogens is 1. The highest BCUT2D eigenvalue weighted by Crippen LogP contribution is 2.31. The normalized spacial score (nSPS) is 18.6. The quantitative estimate of drug-likeness (QED) is 0.686. The molecule has 150 valence electrons. The third-order valence-corrected chi connectivity index (χ3v) is 5.48. The molecule has 2 aromatic heterocycles. The molecule has 4 rings (SSSR count). The van der Waals surface area contributed by atoms with Gasteiger partial charge in [0.05, 0.1) is 25.9 Å². The lowest BCUT2D eigenvalue weighted by molar-refractivity contribution is -0.134. The summed E-state index contributed by atoms with van der Waals surface area (Å²) in [6.07, 6.45) is 1.53. The summed E-state index contributed by atoms with van der Waals surface area (Å²) in [4.78, 5) is 39.4. The molecule has 1 atom stereocenters. The second-order valence-electron chi connectivity index (χ2n) is 7.35. The number of para-hydroxylation sites is 1. The second-order valence-corrected chi connectivity index (χ2v) is 7.35. The number of likely N-dealkylation sites (N-methyl/N-ethyl adjacent to an activating group) is 1. The SMILES string of the molecule is CN1C(=O)c2cc3ccccc3n2C[C@]1(C)C(=O)NCC(=O)NCc1ccco1. The van der Waals surface area contributed by atoms with Gasteiger partial charge >= 0.3 is 0 Å². The van der Waals surface area contributed by atoms with E-state index in [1.807, 2.05) is 34.9 Å². The van der Waals surface area contributed by atoms with Crippen molar-refractivity contribution in [3.05, 3.63) is 60.2 Å². The predicted molar refractivity (Wildman–Crippen MR) is 106 cm³/mol. The lowest BCUT2D eigenvalue weighted by Gasteiger charge is -2.41. The molecular weight excluding hydrogens is 372 g/mol. The molecule has 0 saturated carbocycles. The molecule has 3 amide bonds. The van der Waals surface area contributed by atoms with E-state index in [9.17, 15) is 14.4 Å². The maximum atomic E-state index is 13.0. The molecule has 0 unspecified atom stereocenters. The number of hydrogen-bond donors (Lipinski definition) is 2. The van der Waals surface area contributed by atoms with E-state index in [0.717, 1.165) is 10.9 Å². The third-order valence-electron chi connectivity index (χ3n) is 5.48. The van der Waals surface area contributed by atoms with Gasteiger partial charge in [0.2, 0.25) is 11.8 Å². The van der Waals surface area contributed by atoms with Crippen LogP contribution in [0.15, 0.2) is 53.1 Å². The van der Waals surface area contributed by atoms with Gasteiger partial charge in [0, 0.05) is 18.0 Å². The van der Waals surface area contributed by atoms with Crippen LogP contribution in [0.5, 0.6) is 0 Å². The summed E-state index contributed by atoms with van der Waals surface area (Å²) < 4.78 is 7.03. The Morgan fingerprint density at radius 1 is 1.17 bits per heavy atom. The Kier molecular flexibility index (Phi) is 4.62. The Morgan fingerprint density at radius 3 is 2.72 bits per heavy atom. The molecule has 3 heterocycles.